The number of rotatable bonds is 5. The predicted molar refractivity (Wildman–Crippen MR) is 94.0 cm³/mol. The van der Waals surface area contributed by atoms with Crippen molar-refractivity contribution in [2.75, 3.05) is 38.7 Å². The Balaban J connectivity index is 1.79. The van der Waals surface area contributed by atoms with Crippen LogP contribution in [-0.4, -0.2) is 58.0 Å². The topological polar surface area (TPSA) is 115 Å². The van der Waals surface area contributed by atoms with Crippen molar-refractivity contribution in [2.24, 2.45) is 0 Å². The van der Waals surface area contributed by atoms with Crippen LogP contribution in [0.1, 0.15) is 20.9 Å². The van der Waals surface area contributed by atoms with Gasteiger partial charge in [-0.1, -0.05) is 12.1 Å². The number of amides is 1. The van der Waals surface area contributed by atoms with E-state index in [0.717, 1.165) is 0 Å². The Labute approximate surface area is 155 Å². The fraction of sp³-hybridized carbons (Fsp3) is 0.294. The van der Waals surface area contributed by atoms with Crippen molar-refractivity contribution >= 4 is 27.6 Å². The number of anilines is 1. The molecule has 1 aliphatic heterocycles. The molecule has 3 rings (SSSR count). The largest absolute Gasteiger partial charge is 0.465 e. The minimum atomic E-state index is -3.84. The Morgan fingerprint density at radius 2 is 1.81 bits per heavy atom. The third-order valence-electron chi connectivity index (χ3n) is 3.95. The summed E-state index contributed by atoms with van der Waals surface area (Å²) in [4.78, 5) is 24.2. The fourth-order valence-electron chi connectivity index (χ4n) is 2.56. The van der Waals surface area contributed by atoms with Crippen LogP contribution in [0.4, 0.5) is 5.69 Å². The molecule has 1 fully saturated rings. The summed E-state index contributed by atoms with van der Waals surface area (Å²) in [7, 11) is -2.61. The molecule has 2 aromatic rings. The van der Waals surface area contributed by atoms with Crippen molar-refractivity contribution in [1.82, 2.24) is 4.31 Å². The number of ether oxygens (including phenoxy) is 2. The number of hydrogen-bond donors (Lipinski definition) is 1. The standard InChI is InChI=1S/C17H18N2O7S/c1-24-17(21)12-4-2-3-5-13(12)18-16(20)14-6-7-15(26-14)27(22,23)19-8-10-25-11-9-19/h2-7H,8-11H2,1H3,(H,18,20). The quantitative estimate of drug-likeness (QED) is 0.761. The first-order valence-electron chi connectivity index (χ1n) is 8.10. The number of hydrogen-bond acceptors (Lipinski definition) is 7. The molecule has 0 aliphatic carbocycles. The molecule has 0 unspecified atom stereocenters. The van der Waals surface area contributed by atoms with Crippen molar-refractivity contribution in [1.29, 1.82) is 0 Å². The van der Waals surface area contributed by atoms with E-state index in [9.17, 15) is 18.0 Å². The molecule has 0 bridgehead atoms. The molecule has 0 spiro atoms. The number of carbonyl (C=O) groups is 2. The molecule has 1 aromatic heterocycles. The molecule has 0 radical (unpaired) electrons. The van der Waals surface area contributed by atoms with E-state index in [-0.39, 0.29) is 35.2 Å². The molecule has 2 heterocycles. The molecule has 1 amide bonds. The third kappa shape index (κ3) is 4.02. The first-order valence-corrected chi connectivity index (χ1v) is 9.54. The summed E-state index contributed by atoms with van der Waals surface area (Å²) in [5, 5.41) is 2.20. The lowest BCUT2D eigenvalue weighted by Crippen LogP contribution is -2.40. The monoisotopic (exact) mass is 394 g/mol. The normalized spacial score (nSPS) is 15.3. The van der Waals surface area contributed by atoms with Crippen LogP contribution < -0.4 is 5.32 Å². The van der Waals surface area contributed by atoms with E-state index in [1.165, 1.54) is 35.7 Å². The Hall–Kier alpha value is -2.69. The van der Waals surface area contributed by atoms with Crippen molar-refractivity contribution in [3.05, 3.63) is 47.7 Å². The summed E-state index contributed by atoms with van der Waals surface area (Å²) in [5.41, 5.74) is 0.393. The average molecular weight is 394 g/mol. The number of para-hydroxylation sites is 1. The molecule has 10 heteroatoms. The number of furan rings is 1. The van der Waals surface area contributed by atoms with Crippen molar-refractivity contribution in [2.45, 2.75) is 5.09 Å². The molecule has 9 nitrogen and oxygen atoms in total. The molecule has 0 saturated carbocycles. The van der Waals surface area contributed by atoms with Gasteiger partial charge in [-0.15, -0.1) is 0 Å². The van der Waals surface area contributed by atoms with Gasteiger partial charge >= 0.3 is 5.97 Å². The first kappa shape index (κ1) is 19.1. The highest BCUT2D eigenvalue weighted by atomic mass is 32.2. The van der Waals surface area contributed by atoms with Gasteiger partial charge in [-0.2, -0.15) is 4.31 Å². The van der Waals surface area contributed by atoms with Gasteiger partial charge in [0.2, 0.25) is 5.09 Å². The molecule has 1 aliphatic rings. The number of nitrogens with zero attached hydrogens (tertiary/aromatic N) is 1. The smallest absolute Gasteiger partial charge is 0.339 e. The van der Waals surface area contributed by atoms with Gasteiger partial charge in [0.05, 0.1) is 31.6 Å². The van der Waals surface area contributed by atoms with Crippen LogP contribution in [0, 0.1) is 0 Å². The van der Waals surface area contributed by atoms with Crippen molar-refractivity contribution < 1.29 is 31.9 Å². The van der Waals surface area contributed by atoms with Crippen LogP contribution in [0.2, 0.25) is 0 Å². The van der Waals surface area contributed by atoms with E-state index < -0.39 is 21.9 Å². The summed E-state index contributed by atoms with van der Waals surface area (Å²) in [6.45, 7) is 1.04. The van der Waals surface area contributed by atoms with Gasteiger partial charge in [-0.05, 0) is 24.3 Å². The molecular weight excluding hydrogens is 376 g/mol. The lowest BCUT2D eigenvalue weighted by atomic mass is 10.2. The van der Waals surface area contributed by atoms with Gasteiger partial charge in [0.1, 0.15) is 0 Å². The molecule has 1 aromatic carbocycles. The number of sulfonamides is 1. The summed E-state index contributed by atoms with van der Waals surface area (Å²) >= 11 is 0. The molecule has 27 heavy (non-hydrogen) atoms. The minimum absolute atomic E-state index is 0.168. The lowest BCUT2D eigenvalue weighted by Gasteiger charge is -2.24. The molecule has 1 saturated heterocycles. The van der Waals surface area contributed by atoms with Gasteiger partial charge in [0.25, 0.3) is 15.9 Å². The Bertz CT molecular complexity index is 946. The summed E-state index contributed by atoms with van der Waals surface area (Å²) < 4.78 is 41.4. The second-order valence-electron chi connectivity index (χ2n) is 5.63. The second kappa shape index (κ2) is 7.91. The molecule has 0 atom stereocenters. The van der Waals surface area contributed by atoms with E-state index in [1.807, 2.05) is 0 Å². The zero-order chi connectivity index (χ0) is 19.4. The van der Waals surface area contributed by atoms with Crippen LogP contribution in [0.3, 0.4) is 0 Å². The van der Waals surface area contributed by atoms with E-state index >= 15 is 0 Å². The van der Waals surface area contributed by atoms with Crippen LogP contribution in [-0.2, 0) is 19.5 Å². The lowest BCUT2D eigenvalue weighted by molar-refractivity contribution is 0.0602. The molecular formula is C17H18N2O7S. The van der Waals surface area contributed by atoms with E-state index in [0.29, 0.717) is 13.2 Å². The van der Waals surface area contributed by atoms with Gasteiger partial charge in [0, 0.05) is 13.1 Å². The zero-order valence-electron chi connectivity index (χ0n) is 14.5. The number of esters is 1. The van der Waals surface area contributed by atoms with Gasteiger partial charge in [-0.25, -0.2) is 13.2 Å². The zero-order valence-corrected chi connectivity index (χ0v) is 15.3. The van der Waals surface area contributed by atoms with Crippen LogP contribution in [0.25, 0.3) is 0 Å². The van der Waals surface area contributed by atoms with Crippen LogP contribution >= 0.6 is 0 Å². The van der Waals surface area contributed by atoms with Crippen molar-refractivity contribution in [3.8, 4) is 0 Å². The van der Waals surface area contributed by atoms with Gasteiger partial charge in [-0.3, -0.25) is 4.79 Å². The maximum absolute atomic E-state index is 12.5. The number of carbonyl (C=O) groups excluding carboxylic acids is 2. The molecule has 1 N–H and O–H groups in total. The highest BCUT2D eigenvalue weighted by molar-refractivity contribution is 7.89. The molecule has 144 valence electrons. The number of nitrogens with one attached hydrogen (secondary N) is 1. The van der Waals surface area contributed by atoms with E-state index in [1.54, 1.807) is 12.1 Å². The number of benzene rings is 1. The Morgan fingerprint density at radius 1 is 1.11 bits per heavy atom. The number of methoxy groups -OCH3 is 1. The summed E-state index contributed by atoms with van der Waals surface area (Å²) in [6.07, 6.45) is 0. The summed E-state index contributed by atoms with van der Waals surface area (Å²) in [5.74, 6) is -1.49. The van der Waals surface area contributed by atoms with Crippen LogP contribution in [0.15, 0.2) is 45.9 Å². The second-order valence-corrected chi connectivity index (χ2v) is 7.50. The maximum atomic E-state index is 12.5. The highest BCUT2D eigenvalue weighted by Gasteiger charge is 2.30. The van der Waals surface area contributed by atoms with Gasteiger partial charge in [0.15, 0.2) is 5.76 Å². The Kier molecular flexibility index (Phi) is 5.59. The summed E-state index contributed by atoms with van der Waals surface area (Å²) in [6, 6.07) is 8.78. The van der Waals surface area contributed by atoms with E-state index in [2.05, 4.69) is 10.1 Å². The predicted octanol–water partition coefficient (Wildman–Crippen LogP) is 1.34. The minimum Gasteiger partial charge on any atom is -0.465 e. The highest BCUT2D eigenvalue weighted by Crippen LogP contribution is 2.22. The fourth-order valence-corrected chi connectivity index (χ4v) is 3.88. The third-order valence-corrected chi connectivity index (χ3v) is 5.72. The average Bonchev–Trinajstić information content (AvgIpc) is 3.20. The van der Waals surface area contributed by atoms with Gasteiger partial charge < -0.3 is 19.2 Å². The van der Waals surface area contributed by atoms with E-state index in [4.69, 9.17) is 9.15 Å². The van der Waals surface area contributed by atoms with Crippen LogP contribution in [0.5, 0.6) is 0 Å². The number of morpholine rings is 1. The maximum Gasteiger partial charge on any atom is 0.339 e. The Morgan fingerprint density at radius 3 is 2.52 bits per heavy atom. The SMILES string of the molecule is COC(=O)c1ccccc1NC(=O)c1ccc(S(=O)(=O)N2CCOCC2)o1. The first-order chi connectivity index (χ1) is 12.9. The van der Waals surface area contributed by atoms with Crippen molar-refractivity contribution in [3.63, 3.8) is 0 Å².